The van der Waals surface area contributed by atoms with Crippen molar-refractivity contribution in [3.8, 4) is 5.75 Å². The third-order valence-corrected chi connectivity index (χ3v) is 6.72. The molecule has 33 heavy (non-hydrogen) atoms. The van der Waals surface area contributed by atoms with E-state index < -0.39 is 0 Å². The Balaban J connectivity index is 1.30. The second-order valence-corrected chi connectivity index (χ2v) is 9.02. The van der Waals surface area contributed by atoms with Gasteiger partial charge in [-0.05, 0) is 49.2 Å². The van der Waals surface area contributed by atoms with Crippen molar-refractivity contribution >= 4 is 34.9 Å². The topological polar surface area (TPSA) is 70.6 Å². The third-order valence-electron chi connectivity index (χ3n) is 5.79. The molecule has 1 aliphatic rings. The first-order valence-corrected chi connectivity index (χ1v) is 12.0. The van der Waals surface area contributed by atoms with Crippen LogP contribution in [0.4, 0.5) is 17.2 Å². The molecule has 0 bridgehead atoms. The van der Waals surface area contributed by atoms with Gasteiger partial charge in [0.25, 0.3) is 0 Å². The van der Waals surface area contributed by atoms with Gasteiger partial charge in [-0.2, -0.15) is 0 Å². The zero-order valence-corrected chi connectivity index (χ0v) is 20.1. The molecule has 4 rings (SSSR count). The second kappa shape index (κ2) is 10.6. The molecule has 1 amide bonds. The molecule has 0 atom stereocenters. The van der Waals surface area contributed by atoms with Crippen LogP contribution in [0.25, 0.3) is 0 Å². The fourth-order valence-electron chi connectivity index (χ4n) is 3.74. The molecule has 1 aromatic heterocycles. The number of nitrogens with one attached hydrogen (secondary N) is 1. The van der Waals surface area contributed by atoms with E-state index >= 15 is 0 Å². The van der Waals surface area contributed by atoms with E-state index in [-0.39, 0.29) is 5.91 Å². The lowest BCUT2D eigenvalue weighted by Gasteiger charge is -2.36. The van der Waals surface area contributed by atoms with E-state index in [2.05, 4.69) is 44.1 Å². The Morgan fingerprint density at radius 2 is 1.79 bits per heavy atom. The maximum atomic E-state index is 12.4. The van der Waals surface area contributed by atoms with E-state index in [1.165, 1.54) is 23.0 Å². The molecule has 0 saturated carbocycles. The Kier molecular flexibility index (Phi) is 7.34. The van der Waals surface area contributed by atoms with Crippen LogP contribution in [-0.4, -0.2) is 54.9 Å². The molecule has 1 aliphatic heterocycles. The smallest absolute Gasteiger partial charge is 0.234 e. The predicted octanol–water partition coefficient (Wildman–Crippen LogP) is 4.16. The summed E-state index contributed by atoms with van der Waals surface area (Å²) in [6, 6.07) is 16.1. The molecule has 1 fully saturated rings. The highest BCUT2D eigenvalue weighted by Gasteiger charge is 2.19. The standard InChI is InChI=1S/C25H29N5O2S/c1-18-7-8-20(13-19(18)2)28-24(31)16-33-25-15-23(26-17-27-25)30-11-9-29(10-12-30)21-5-4-6-22(14-21)32-3/h4-8,13-15,17H,9-12,16H2,1-3H3,(H,28,31). The van der Waals surface area contributed by atoms with Crippen LogP contribution in [0, 0.1) is 13.8 Å². The number of hydrogen-bond acceptors (Lipinski definition) is 7. The van der Waals surface area contributed by atoms with Crippen LogP contribution < -0.4 is 19.9 Å². The van der Waals surface area contributed by atoms with Gasteiger partial charge < -0.3 is 19.9 Å². The van der Waals surface area contributed by atoms with Gasteiger partial charge in [0.15, 0.2) is 0 Å². The molecule has 172 valence electrons. The fourth-order valence-corrected chi connectivity index (χ4v) is 4.40. The van der Waals surface area contributed by atoms with E-state index in [9.17, 15) is 4.79 Å². The molecule has 1 saturated heterocycles. The molecule has 0 aliphatic carbocycles. The molecule has 0 spiro atoms. The van der Waals surface area contributed by atoms with Gasteiger partial charge >= 0.3 is 0 Å². The van der Waals surface area contributed by atoms with E-state index in [1.807, 2.05) is 43.3 Å². The number of piperazine rings is 1. The van der Waals surface area contributed by atoms with Gasteiger partial charge in [0.2, 0.25) is 5.91 Å². The summed E-state index contributed by atoms with van der Waals surface area (Å²) >= 11 is 1.42. The first-order chi connectivity index (χ1) is 16.0. The summed E-state index contributed by atoms with van der Waals surface area (Å²) in [5.41, 5.74) is 4.36. The first kappa shape index (κ1) is 22.9. The number of benzene rings is 2. The third kappa shape index (κ3) is 5.96. The minimum absolute atomic E-state index is 0.0460. The highest BCUT2D eigenvalue weighted by atomic mass is 32.2. The van der Waals surface area contributed by atoms with Crippen LogP contribution in [0.3, 0.4) is 0 Å². The Bertz CT molecular complexity index is 1120. The maximum absolute atomic E-state index is 12.4. The molecule has 2 heterocycles. The van der Waals surface area contributed by atoms with Crippen molar-refractivity contribution in [1.29, 1.82) is 0 Å². The average Bonchev–Trinajstić information content (AvgIpc) is 2.85. The number of rotatable bonds is 7. The first-order valence-electron chi connectivity index (χ1n) is 11.0. The van der Waals surface area contributed by atoms with E-state index in [0.717, 1.165) is 54.0 Å². The quantitative estimate of drug-likeness (QED) is 0.417. The number of hydrogen-bond donors (Lipinski definition) is 1. The molecule has 2 aromatic carbocycles. The van der Waals surface area contributed by atoms with Crippen molar-refractivity contribution < 1.29 is 9.53 Å². The zero-order chi connectivity index (χ0) is 23.2. The van der Waals surface area contributed by atoms with E-state index in [4.69, 9.17) is 4.74 Å². The summed E-state index contributed by atoms with van der Waals surface area (Å²) in [6.07, 6.45) is 1.58. The molecule has 8 heteroatoms. The van der Waals surface area contributed by atoms with Gasteiger partial charge in [-0.25, -0.2) is 9.97 Å². The van der Waals surface area contributed by atoms with Crippen molar-refractivity contribution in [2.45, 2.75) is 18.9 Å². The Morgan fingerprint density at radius 3 is 2.55 bits per heavy atom. The van der Waals surface area contributed by atoms with Crippen molar-refractivity contribution in [3.63, 3.8) is 0 Å². The summed E-state index contributed by atoms with van der Waals surface area (Å²) in [4.78, 5) is 25.8. The van der Waals surface area contributed by atoms with Crippen molar-refractivity contribution in [2.75, 3.05) is 54.2 Å². The van der Waals surface area contributed by atoms with Crippen LogP contribution in [-0.2, 0) is 4.79 Å². The SMILES string of the molecule is COc1cccc(N2CCN(c3cc(SCC(=O)Nc4ccc(C)c(C)c4)ncn3)CC2)c1. The number of anilines is 3. The minimum Gasteiger partial charge on any atom is -0.497 e. The highest BCUT2D eigenvalue weighted by Crippen LogP contribution is 2.25. The fraction of sp³-hybridized carbons (Fsp3) is 0.320. The monoisotopic (exact) mass is 463 g/mol. The molecule has 0 unspecified atom stereocenters. The summed E-state index contributed by atoms with van der Waals surface area (Å²) in [6.45, 7) is 7.63. The number of aryl methyl sites for hydroxylation is 2. The van der Waals surface area contributed by atoms with Gasteiger partial charge in [-0.1, -0.05) is 23.9 Å². The number of aromatic nitrogens is 2. The molecule has 1 N–H and O–H groups in total. The molecular formula is C25H29N5O2S. The van der Waals surface area contributed by atoms with E-state index in [0.29, 0.717) is 5.75 Å². The second-order valence-electron chi connectivity index (χ2n) is 8.03. The summed E-state index contributed by atoms with van der Waals surface area (Å²) in [5.74, 6) is 2.02. The number of ether oxygens (including phenoxy) is 1. The van der Waals surface area contributed by atoms with Crippen LogP contribution in [0.2, 0.25) is 0 Å². The van der Waals surface area contributed by atoms with Gasteiger partial charge in [-0.3, -0.25) is 4.79 Å². The van der Waals surface area contributed by atoms with E-state index in [1.54, 1.807) is 13.4 Å². The average molecular weight is 464 g/mol. The molecule has 0 radical (unpaired) electrons. The number of carbonyl (C=O) groups excluding carboxylic acids is 1. The highest BCUT2D eigenvalue weighted by molar-refractivity contribution is 7.99. The summed E-state index contributed by atoms with van der Waals surface area (Å²) < 4.78 is 5.35. The number of amides is 1. The van der Waals surface area contributed by atoms with Crippen molar-refractivity contribution in [1.82, 2.24) is 9.97 Å². The molecule has 3 aromatic rings. The summed E-state index contributed by atoms with van der Waals surface area (Å²) in [5, 5.41) is 3.76. The number of methoxy groups -OCH3 is 1. The van der Waals surface area contributed by atoms with Crippen LogP contribution in [0.5, 0.6) is 5.75 Å². The Hall–Kier alpha value is -3.26. The van der Waals surface area contributed by atoms with Crippen LogP contribution >= 0.6 is 11.8 Å². The normalized spacial score (nSPS) is 13.7. The number of carbonyl (C=O) groups is 1. The lowest BCUT2D eigenvalue weighted by atomic mass is 10.1. The van der Waals surface area contributed by atoms with Crippen LogP contribution in [0.1, 0.15) is 11.1 Å². The molecule has 7 nitrogen and oxygen atoms in total. The van der Waals surface area contributed by atoms with Crippen LogP contribution in [0.15, 0.2) is 59.9 Å². The zero-order valence-electron chi connectivity index (χ0n) is 19.2. The Morgan fingerprint density at radius 1 is 1.00 bits per heavy atom. The van der Waals surface area contributed by atoms with Gasteiger partial charge in [-0.15, -0.1) is 0 Å². The molecular weight excluding hydrogens is 434 g/mol. The van der Waals surface area contributed by atoms with Crippen molar-refractivity contribution in [3.05, 3.63) is 66.0 Å². The van der Waals surface area contributed by atoms with Gasteiger partial charge in [0, 0.05) is 49.7 Å². The Labute approximate surface area is 199 Å². The van der Waals surface area contributed by atoms with Gasteiger partial charge in [0.05, 0.1) is 12.9 Å². The lowest BCUT2D eigenvalue weighted by Crippen LogP contribution is -2.46. The predicted molar refractivity (Wildman–Crippen MR) is 135 cm³/mol. The number of thioether (sulfide) groups is 1. The summed E-state index contributed by atoms with van der Waals surface area (Å²) in [7, 11) is 1.69. The van der Waals surface area contributed by atoms with Crippen molar-refractivity contribution in [2.24, 2.45) is 0 Å². The lowest BCUT2D eigenvalue weighted by molar-refractivity contribution is -0.113. The largest absolute Gasteiger partial charge is 0.497 e. The minimum atomic E-state index is -0.0460. The van der Waals surface area contributed by atoms with Gasteiger partial charge in [0.1, 0.15) is 22.9 Å². The number of nitrogens with zero attached hydrogens (tertiary/aromatic N) is 4. The maximum Gasteiger partial charge on any atom is 0.234 e.